The number of nitrogens with one attached hydrogen (secondary N) is 1. The van der Waals surface area contributed by atoms with Gasteiger partial charge in [0, 0.05) is 18.5 Å². The van der Waals surface area contributed by atoms with Crippen molar-refractivity contribution in [3.8, 4) is 11.5 Å². The Bertz CT molecular complexity index is 996. The number of nitrogens with zero attached hydrogens (tertiary/aromatic N) is 1. The van der Waals surface area contributed by atoms with E-state index in [2.05, 4.69) is 5.32 Å². The molecule has 0 saturated carbocycles. The number of anilines is 1. The van der Waals surface area contributed by atoms with Crippen LogP contribution in [0.1, 0.15) is 24.8 Å². The van der Waals surface area contributed by atoms with E-state index in [0.29, 0.717) is 36.9 Å². The monoisotopic (exact) mass is 364 g/mol. The van der Waals surface area contributed by atoms with Crippen molar-refractivity contribution < 1.29 is 9.47 Å². The Morgan fingerprint density at radius 3 is 2.78 bits per heavy atom. The Labute approximate surface area is 158 Å². The van der Waals surface area contributed by atoms with Crippen molar-refractivity contribution in [2.24, 2.45) is 0 Å². The second kappa shape index (κ2) is 7.74. The van der Waals surface area contributed by atoms with Gasteiger partial charge in [0.05, 0.1) is 19.2 Å². The summed E-state index contributed by atoms with van der Waals surface area (Å²) in [6, 6.07) is 15.9. The first kappa shape index (κ1) is 17.5. The van der Waals surface area contributed by atoms with Crippen molar-refractivity contribution in [1.29, 1.82) is 0 Å². The minimum Gasteiger partial charge on any atom is -0.493 e. The fourth-order valence-corrected chi connectivity index (χ4v) is 3.58. The highest BCUT2D eigenvalue weighted by atomic mass is 16.5. The third-order valence-electron chi connectivity index (χ3n) is 4.99. The molecule has 1 aliphatic rings. The number of methoxy groups -OCH3 is 1. The third kappa shape index (κ3) is 3.50. The first-order chi connectivity index (χ1) is 13.3. The molecule has 2 aromatic carbocycles. The van der Waals surface area contributed by atoms with Gasteiger partial charge in [-0.25, -0.2) is 0 Å². The van der Waals surface area contributed by atoms with Gasteiger partial charge in [-0.2, -0.15) is 0 Å². The third-order valence-corrected chi connectivity index (χ3v) is 4.99. The smallest absolute Gasteiger partial charge is 0.274 e. The number of benzene rings is 2. The van der Waals surface area contributed by atoms with Gasteiger partial charge in [-0.1, -0.05) is 30.3 Å². The normalized spacial score (nSPS) is 14.0. The number of aryl methyl sites for hydroxylation is 1. The van der Waals surface area contributed by atoms with Crippen molar-refractivity contribution in [2.45, 2.75) is 32.4 Å². The van der Waals surface area contributed by atoms with Crippen LogP contribution in [0.4, 0.5) is 5.69 Å². The molecule has 0 fully saturated rings. The van der Waals surface area contributed by atoms with E-state index < -0.39 is 0 Å². The van der Waals surface area contributed by atoms with Crippen LogP contribution in [0.2, 0.25) is 0 Å². The number of hydrogen-bond donors (Lipinski definition) is 1. The number of hydrogen-bond acceptors (Lipinski definition) is 4. The molecule has 1 N–H and O–H groups in total. The predicted octanol–water partition coefficient (Wildman–Crippen LogP) is 4.18. The van der Waals surface area contributed by atoms with Crippen LogP contribution >= 0.6 is 0 Å². The maximum atomic E-state index is 13.2. The van der Waals surface area contributed by atoms with E-state index in [1.54, 1.807) is 7.11 Å². The maximum absolute atomic E-state index is 13.2. The summed E-state index contributed by atoms with van der Waals surface area (Å²) < 4.78 is 13.4. The highest BCUT2D eigenvalue weighted by Gasteiger charge is 2.18. The average molecular weight is 364 g/mol. The molecule has 27 heavy (non-hydrogen) atoms. The van der Waals surface area contributed by atoms with Gasteiger partial charge in [0.2, 0.25) is 0 Å². The molecule has 0 aliphatic carbocycles. The fraction of sp³-hybridized carbons (Fsp3) is 0.318. The number of ether oxygens (including phenoxy) is 2. The number of rotatable bonds is 4. The lowest BCUT2D eigenvalue weighted by Gasteiger charge is -2.18. The van der Waals surface area contributed by atoms with Crippen LogP contribution in [-0.2, 0) is 13.1 Å². The van der Waals surface area contributed by atoms with Crippen LogP contribution in [0.3, 0.4) is 0 Å². The second-order valence-electron chi connectivity index (χ2n) is 6.80. The molecule has 0 unspecified atom stereocenters. The molecule has 0 amide bonds. The van der Waals surface area contributed by atoms with Crippen molar-refractivity contribution in [3.05, 3.63) is 64.4 Å². The van der Waals surface area contributed by atoms with Crippen molar-refractivity contribution in [2.75, 3.05) is 19.0 Å². The van der Waals surface area contributed by atoms with E-state index in [0.717, 1.165) is 35.7 Å². The summed E-state index contributed by atoms with van der Waals surface area (Å²) in [7, 11) is 1.63. The van der Waals surface area contributed by atoms with Gasteiger partial charge in [0.25, 0.3) is 5.56 Å². The Kier molecular flexibility index (Phi) is 5.01. The zero-order valence-electron chi connectivity index (χ0n) is 15.5. The summed E-state index contributed by atoms with van der Waals surface area (Å²) in [6.45, 7) is 1.93. The minimum atomic E-state index is -0.0153. The molecule has 0 radical (unpaired) electrons. The summed E-state index contributed by atoms with van der Waals surface area (Å²) in [5, 5.41) is 4.29. The summed E-state index contributed by atoms with van der Waals surface area (Å²) in [6.07, 6.45) is 2.96. The van der Waals surface area contributed by atoms with E-state index in [9.17, 15) is 4.79 Å². The molecule has 140 valence electrons. The SMILES string of the molecule is COc1ccc2cc(NCc3ccccc3)c(=O)n3c2c1OCCCCC3. The topological polar surface area (TPSA) is 52.5 Å². The Morgan fingerprint density at radius 1 is 1.11 bits per heavy atom. The first-order valence-corrected chi connectivity index (χ1v) is 9.43. The van der Waals surface area contributed by atoms with Gasteiger partial charge in [-0.3, -0.25) is 4.79 Å². The molecule has 0 saturated heterocycles. The Balaban J connectivity index is 1.81. The lowest BCUT2D eigenvalue weighted by molar-refractivity contribution is 0.290. The van der Waals surface area contributed by atoms with Crippen LogP contribution in [0, 0.1) is 0 Å². The van der Waals surface area contributed by atoms with Gasteiger partial charge in [-0.05, 0) is 43.0 Å². The fourth-order valence-electron chi connectivity index (χ4n) is 3.58. The van der Waals surface area contributed by atoms with E-state index in [1.807, 2.05) is 53.1 Å². The number of pyridine rings is 1. The average Bonchev–Trinajstić information content (AvgIpc) is 2.82. The van der Waals surface area contributed by atoms with Crippen molar-refractivity contribution in [1.82, 2.24) is 4.57 Å². The molecular weight excluding hydrogens is 340 g/mol. The molecule has 1 aliphatic heterocycles. The predicted molar refractivity (Wildman–Crippen MR) is 108 cm³/mol. The van der Waals surface area contributed by atoms with Crippen LogP contribution in [0.5, 0.6) is 11.5 Å². The van der Waals surface area contributed by atoms with E-state index >= 15 is 0 Å². The van der Waals surface area contributed by atoms with Gasteiger partial charge >= 0.3 is 0 Å². The molecule has 0 bridgehead atoms. The minimum absolute atomic E-state index is 0.0153. The standard InChI is InChI=1S/C22H24N2O3/c1-26-19-11-10-17-14-18(23-15-16-8-4-2-5-9-16)22(25)24-12-6-3-7-13-27-21(19)20(17)24/h2,4-5,8-11,14,23H,3,6-7,12-13,15H2,1H3. The van der Waals surface area contributed by atoms with Crippen molar-refractivity contribution >= 4 is 16.6 Å². The zero-order valence-corrected chi connectivity index (χ0v) is 15.5. The molecule has 5 heteroatoms. The van der Waals surface area contributed by atoms with Crippen LogP contribution < -0.4 is 20.3 Å². The number of aromatic nitrogens is 1. The molecule has 0 atom stereocenters. The molecular formula is C22H24N2O3. The zero-order chi connectivity index (χ0) is 18.6. The van der Waals surface area contributed by atoms with Crippen LogP contribution in [0.15, 0.2) is 53.3 Å². The summed E-state index contributed by atoms with van der Waals surface area (Å²) >= 11 is 0. The summed E-state index contributed by atoms with van der Waals surface area (Å²) in [5.74, 6) is 1.34. The molecule has 0 spiro atoms. The lowest BCUT2D eigenvalue weighted by Crippen LogP contribution is -2.24. The molecule has 5 nitrogen and oxygen atoms in total. The highest BCUT2D eigenvalue weighted by Crippen LogP contribution is 2.36. The van der Waals surface area contributed by atoms with E-state index in [4.69, 9.17) is 9.47 Å². The molecule has 3 aromatic rings. The van der Waals surface area contributed by atoms with Gasteiger partial charge in [-0.15, -0.1) is 0 Å². The second-order valence-corrected chi connectivity index (χ2v) is 6.80. The molecule has 4 rings (SSSR count). The van der Waals surface area contributed by atoms with E-state index in [-0.39, 0.29) is 5.56 Å². The summed E-state index contributed by atoms with van der Waals surface area (Å²) in [4.78, 5) is 13.2. The maximum Gasteiger partial charge on any atom is 0.274 e. The molecule has 1 aromatic heterocycles. The van der Waals surface area contributed by atoms with Crippen LogP contribution in [0.25, 0.3) is 10.9 Å². The lowest BCUT2D eigenvalue weighted by atomic mass is 10.1. The summed E-state index contributed by atoms with van der Waals surface area (Å²) in [5.41, 5.74) is 2.56. The first-order valence-electron chi connectivity index (χ1n) is 9.43. The van der Waals surface area contributed by atoms with Crippen molar-refractivity contribution in [3.63, 3.8) is 0 Å². The van der Waals surface area contributed by atoms with Gasteiger partial charge < -0.3 is 19.4 Å². The van der Waals surface area contributed by atoms with E-state index in [1.165, 1.54) is 0 Å². The van der Waals surface area contributed by atoms with Gasteiger partial charge in [0.1, 0.15) is 5.69 Å². The largest absolute Gasteiger partial charge is 0.493 e. The molecule has 2 heterocycles. The van der Waals surface area contributed by atoms with Gasteiger partial charge in [0.15, 0.2) is 11.5 Å². The Hall–Kier alpha value is -2.95. The quantitative estimate of drug-likeness (QED) is 0.754. The van der Waals surface area contributed by atoms with Crippen LogP contribution in [-0.4, -0.2) is 18.3 Å². The Morgan fingerprint density at radius 2 is 1.96 bits per heavy atom. The highest BCUT2D eigenvalue weighted by molar-refractivity contribution is 5.90.